The van der Waals surface area contributed by atoms with Gasteiger partial charge in [-0.1, -0.05) is 31.5 Å². The van der Waals surface area contributed by atoms with Crippen molar-refractivity contribution in [2.24, 2.45) is 0 Å². The molecule has 0 bridgehead atoms. The molecule has 0 amide bonds. The number of hydrogen-bond donors (Lipinski definition) is 0. The molecule has 23 heavy (non-hydrogen) atoms. The first-order valence-electron chi connectivity index (χ1n) is 8.03. The second-order valence-electron chi connectivity index (χ2n) is 5.88. The highest BCUT2D eigenvalue weighted by molar-refractivity contribution is 7.88. The first-order chi connectivity index (χ1) is 10.9. The lowest BCUT2D eigenvalue weighted by Gasteiger charge is -2.29. The van der Waals surface area contributed by atoms with E-state index >= 15 is 0 Å². The van der Waals surface area contributed by atoms with Crippen LogP contribution < -0.4 is 0 Å². The standard InChI is InChI=1S/C16H24ClFN2O2S/c1-3-19(4-2)11-15-6-5-9-20(15)23(21,22)12-13-7-8-14(17)10-16(13)18/h7-8,10,15H,3-6,9,11-12H2,1-2H3. The van der Waals surface area contributed by atoms with Crippen LogP contribution >= 0.6 is 11.6 Å². The van der Waals surface area contributed by atoms with Crippen LogP contribution in [0, 0.1) is 5.82 Å². The minimum atomic E-state index is -3.54. The molecule has 1 aromatic rings. The van der Waals surface area contributed by atoms with Crippen LogP contribution in [0.5, 0.6) is 0 Å². The summed E-state index contributed by atoms with van der Waals surface area (Å²) in [6.45, 7) is 7.18. The minimum Gasteiger partial charge on any atom is -0.302 e. The van der Waals surface area contributed by atoms with Gasteiger partial charge in [-0.05, 0) is 38.1 Å². The zero-order valence-electron chi connectivity index (χ0n) is 13.6. The molecule has 1 unspecified atom stereocenters. The summed E-state index contributed by atoms with van der Waals surface area (Å²) in [5.41, 5.74) is 0.169. The van der Waals surface area contributed by atoms with E-state index in [4.69, 9.17) is 11.6 Å². The summed E-state index contributed by atoms with van der Waals surface area (Å²) >= 11 is 5.72. The fourth-order valence-corrected chi connectivity index (χ4v) is 5.04. The molecule has 1 heterocycles. The molecule has 0 saturated carbocycles. The van der Waals surface area contributed by atoms with Gasteiger partial charge in [-0.25, -0.2) is 12.8 Å². The summed E-state index contributed by atoms with van der Waals surface area (Å²) in [5.74, 6) is -0.884. The van der Waals surface area contributed by atoms with Crippen molar-refractivity contribution in [3.05, 3.63) is 34.6 Å². The molecule has 1 aromatic carbocycles. The minimum absolute atomic E-state index is 0.0183. The highest BCUT2D eigenvalue weighted by Gasteiger charge is 2.35. The SMILES string of the molecule is CCN(CC)CC1CCCN1S(=O)(=O)Cc1ccc(Cl)cc1F. The van der Waals surface area contributed by atoms with Crippen LogP contribution in [-0.2, 0) is 15.8 Å². The summed E-state index contributed by atoms with van der Waals surface area (Å²) in [4.78, 5) is 2.22. The van der Waals surface area contributed by atoms with Gasteiger partial charge in [0.25, 0.3) is 0 Å². The zero-order valence-corrected chi connectivity index (χ0v) is 15.2. The van der Waals surface area contributed by atoms with Gasteiger partial charge in [-0.15, -0.1) is 0 Å². The van der Waals surface area contributed by atoms with E-state index in [1.165, 1.54) is 12.1 Å². The largest absolute Gasteiger partial charge is 0.302 e. The first-order valence-corrected chi connectivity index (χ1v) is 10.0. The molecule has 130 valence electrons. The number of benzene rings is 1. The predicted molar refractivity (Wildman–Crippen MR) is 91.5 cm³/mol. The lowest BCUT2D eigenvalue weighted by atomic mass is 10.2. The van der Waals surface area contributed by atoms with Crippen molar-refractivity contribution >= 4 is 21.6 Å². The maximum atomic E-state index is 13.9. The van der Waals surface area contributed by atoms with Crippen molar-refractivity contribution < 1.29 is 12.8 Å². The lowest BCUT2D eigenvalue weighted by molar-refractivity contribution is 0.237. The Morgan fingerprint density at radius 3 is 2.65 bits per heavy atom. The highest BCUT2D eigenvalue weighted by Crippen LogP contribution is 2.25. The fraction of sp³-hybridized carbons (Fsp3) is 0.625. The average molecular weight is 363 g/mol. The molecule has 4 nitrogen and oxygen atoms in total. The van der Waals surface area contributed by atoms with Gasteiger partial charge in [-0.3, -0.25) is 0 Å². The number of halogens is 2. The number of hydrogen-bond acceptors (Lipinski definition) is 3. The number of rotatable bonds is 7. The zero-order chi connectivity index (χ0) is 17.0. The van der Waals surface area contributed by atoms with Crippen molar-refractivity contribution in [3.63, 3.8) is 0 Å². The molecule has 0 radical (unpaired) electrons. The molecule has 2 rings (SSSR count). The Morgan fingerprint density at radius 1 is 1.35 bits per heavy atom. The second-order valence-corrected chi connectivity index (χ2v) is 8.24. The van der Waals surface area contributed by atoms with Crippen LogP contribution in [0.15, 0.2) is 18.2 Å². The topological polar surface area (TPSA) is 40.6 Å². The van der Waals surface area contributed by atoms with Gasteiger partial charge >= 0.3 is 0 Å². The molecule has 0 N–H and O–H groups in total. The van der Waals surface area contributed by atoms with Crippen molar-refractivity contribution in [3.8, 4) is 0 Å². The average Bonchev–Trinajstić information content (AvgIpc) is 2.96. The van der Waals surface area contributed by atoms with Crippen LogP contribution in [0.4, 0.5) is 4.39 Å². The van der Waals surface area contributed by atoms with Crippen LogP contribution in [-0.4, -0.2) is 49.8 Å². The molecule has 1 fully saturated rings. The van der Waals surface area contributed by atoms with E-state index < -0.39 is 15.8 Å². The molecule has 1 aliphatic heterocycles. The first kappa shape index (κ1) is 18.6. The maximum absolute atomic E-state index is 13.9. The Hall–Kier alpha value is -0.690. The van der Waals surface area contributed by atoms with Crippen LogP contribution in [0.2, 0.25) is 5.02 Å². The Morgan fingerprint density at radius 2 is 2.04 bits per heavy atom. The van der Waals surface area contributed by atoms with Crippen molar-refractivity contribution in [1.82, 2.24) is 9.21 Å². The number of sulfonamides is 1. The summed E-state index contributed by atoms with van der Waals surface area (Å²) in [6, 6.07) is 4.11. The maximum Gasteiger partial charge on any atom is 0.218 e. The van der Waals surface area contributed by atoms with E-state index in [2.05, 4.69) is 18.7 Å². The van der Waals surface area contributed by atoms with E-state index in [9.17, 15) is 12.8 Å². The quantitative estimate of drug-likeness (QED) is 0.748. The summed E-state index contributed by atoms with van der Waals surface area (Å²) < 4.78 is 40.9. The number of likely N-dealkylation sites (N-methyl/N-ethyl adjacent to an activating group) is 1. The van der Waals surface area contributed by atoms with Crippen molar-refractivity contribution in [2.45, 2.75) is 38.5 Å². The fourth-order valence-electron chi connectivity index (χ4n) is 3.06. The van der Waals surface area contributed by atoms with Gasteiger partial charge in [0.05, 0.1) is 5.75 Å². The monoisotopic (exact) mass is 362 g/mol. The van der Waals surface area contributed by atoms with E-state index in [0.717, 1.165) is 38.5 Å². The van der Waals surface area contributed by atoms with Crippen LogP contribution in [0.25, 0.3) is 0 Å². The third-order valence-corrected chi connectivity index (χ3v) is 6.50. The van der Waals surface area contributed by atoms with Gasteiger partial charge in [0.2, 0.25) is 10.0 Å². The van der Waals surface area contributed by atoms with Gasteiger partial charge in [0, 0.05) is 29.7 Å². The molecular weight excluding hydrogens is 339 g/mol. The summed E-state index contributed by atoms with van der Waals surface area (Å²) in [6.07, 6.45) is 1.72. The van der Waals surface area contributed by atoms with Gasteiger partial charge < -0.3 is 4.90 Å². The Balaban J connectivity index is 2.14. The van der Waals surface area contributed by atoms with Crippen LogP contribution in [0.3, 0.4) is 0 Å². The smallest absolute Gasteiger partial charge is 0.218 e. The lowest BCUT2D eigenvalue weighted by Crippen LogP contribution is -2.43. The van der Waals surface area contributed by atoms with Crippen molar-refractivity contribution in [1.29, 1.82) is 0 Å². The van der Waals surface area contributed by atoms with E-state index in [1.807, 2.05) is 0 Å². The number of nitrogens with zero attached hydrogens (tertiary/aromatic N) is 2. The molecule has 1 atom stereocenters. The predicted octanol–water partition coefficient (Wildman–Crippen LogP) is 3.12. The molecule has 1 aliphatic rings. The normalized spacial score (nSPS) is 19.6. The summed E-state index contributed by atoms with van der Waals surface area (Å²) in [5, 5.41) is 0.268. The van der Waals surface area contributed by atoms with Gasteiger partial charge in [-0.2, -0.15) is 4.31 Å². The molecule has 1 saturated heterocycles. The molecular formula is C16H24ClFN2O2S. The second kappa shape index (κ2) is 7.92. The van der Waals surface area contributed by atoms with Gasteiger partial charge in [0.1, 0.15) is 5.82 Å². The van der Waals surface area contributed by atoms with Crippen molar-refractivity contribution in [2.75, 3.05) is 26.2 Å². The van der Waals surface area contributed by atoms with Gasteiger partial charge in [0.15, 0.2) is 0 Å². The third kappa shape index (κ3) is 4.66. The molecule has 0 aromatic heterocycles. The third-order valence-electron chi connectivity index (χ3n) is 4.40. The van der Waals surface area contributed by atoms with Crippen LogP contribution in [0.1, 0.15) is 32.3 Å². The summed E-state index contributed by atoms with van der Waals surface area (Å²) in [7, 11) is -3.54. The highest BCUT2D eigenvalue weighted by atomic mass is 35.5. The Labute approximate surface area is 143 Å². The molecule has 0 spiro atoms. The molecule has 0 aliphatic carbocycles. The Kier molecular flexibility index (Phi) is 6.42. The van der Waals surface area contributed by atoms with E-state index in [0.29, 0.717) is 6.54 Å². The van der Waals surface area contributed by atoms with E-state index in [1.54, 1.807) is 4.31 Å². The molecule has 7 heteroatoms. The Bertz CT molecular complexity index is 635. The van der Waals surface area contributed by atoms with E-state index in [-0.39, 0.29) is 22.4 Å².